The number of anilines is 3. The van der Waals surface area contributed by atoms with E-state index in [1.165, 1.54) is 0 Å². The van der Waals surface area contributed by atoms with Crippen molar-refractivity contribution in [2.75, 3.05) is 24.3 Å². The lowest BCUT2D eigenvalue weighted by molar-refractivity contribution is 0.332. The van der Waals surface area contributed by atoms with Crippen LogP contribution in [0.4, 0.5) is 17.5 Å². The molecule has 6 nitrogen and oxygen atoms in total. The molecule has 0 unspecified atom stereocenters. The molecule has 0 saturated carbocycles. The van der Waals surface area contributed by atoms with E-state index in [1.54, 1.807) is 0 Å². The van der Waals surface area contributed by atoms with Crippen LogP contribution in [0.1, 0.15) is 19.5 Å². The largest absolute Gasteiger partial charge is 0.494 e. The third kappa shape index (κ3) is 3.98. The smallest absolute Gasteiger partial charge is 0.222 e. The second-order valence-electron chi connectivity index (χ2n) is 4.40. The van der Waals surface area contributed by atoms with Gasteiger partial charge < -0.3 is 20.5 Å². The number of hydrogen-bond acceptors (Lipinski definition) is 6. The highest BCUT2D eigenvalue weighted by molar-refractivity contribution is 5.66. The maximum Gasteiger partial charge on any atom is 0.222 e. The maximum atomic E-state index is 5.67. The average Bonchev–Trinajstić information content (AvgIpc) is 2.41. The number of nitrogens with zero attached hydrogens (tertiary/aromatic N) is 2. The Kier molecular flexibility index (Phi) is 4.81. The molecular weight excluding hydrogens is 268 g/mol. The van der Waals surface area contributed by atoms with Crippen LogP contribution in [0.5, 0.6) is 11.5 Å². The summed E-state index contributed by atoms with van der Waals surface area (Å²) in [5.74, 6) is 2.35. The Morgan fingerprint density at radius 3 is 2.52 bits per heavy atom. The van der Waals surface area contributed by atoms with E-state index in [4.69, 9.17) is 15.2 Å². The summed E-state index contributed by atoms with van der Waals surface area (Å²) in [7, 11) is 0. The highest BCUT2D eigenvalue weighted by Crippen LogP contribution is 2.31. The molecule has 0 amide bonds. The third-order valence-corrected chi connectivity index (χ3v) is 2.70. The number of rotatable bonds is 6. The lowest BCUT2D eigenvalue weighted by atomic mass is 10.2. The fourth-order valence-electron chi connectivity index (χ4n) is 1.94. The molecule has 0 fully saturated rings. The van der Waals surface area contributed by atoms with Gasteiger partial charge in [0.1, 0.15) is 17.3 Å². The first kappa shape index (κ1) is 14.9. The minimum atomic E-state index is 0.233. The minimum absolute atomic E-state index is 0.233. The van der Waals surface area contributed by atoms with E-state index >= 15 is 0 Å². The number of nitrogen functional groups attached to an aromatic ring is 1. The molecule has 0 saturated heterocycles. The molecule has 0 aliphatic rings. The van der Waals surface area contributed by atoms with Gasteiger partial charge in [0, 0.05) is 17.8 Å². The van der Waals surface area contributed by atoms with Crippen molar-refractivity contribution in [1.82, 2.24) is 9.97 Å². The molecule has 1 aromatic carbocycles. The van der Waals surface area contributed by atoms with Crippen molar-refractivity contribution in [3.8, 4) is 11.5 Å². The van der Waals surface area contributed by atoms with E-state index in [0.29, 0.717) is 19.0 Å². The molecule has 0 atom stereocenters. The monoisotopic (exact) mass is 288 g/mol. The first-order valence-corrected chi connectivity index (χ1v) is 6.90. The molecule has 1 heterocycles. The van der Waals surface area contributed by atoms with E-state index < -0.39 is 0 Å². The molecule has 21 heavy (non-hydrogen) atoms. The van der Waals surface area contributed by atoms with Gasteiger partial charge in [-0.2, -0.15) is 4.98 Å². The molecule has 112 valence electrons. The van der Waals surface area contributed by atoms with Gasteiger partial charge in [0.15, 0.2) is 0 Å². The Balaban J connectivity index is 2.32. The van der Waals surface area contributed by atoms with E-state index in [9.17, 15) is 0 Å². The number of nitrogens with two attached hydrogens (primary N) is 1. The van der Waals surface area contributed by atoms with Crippen LogP contribution in [0, 0.1) is 6.92 Å². The van der Waals surface area contributed by atoms with Crippen molar-refractivity contribution in [3.05, 3.63) is 30.0 Å². The highest BCUT2D eigenvalue weighted by Gasteiger charge is 2.08. The van der Waals surface area contributed by atoms with Gasteiger partial charge in [0.2, 0.25) is 5.95 Å². The van der Waals surface area contributed by atoms with Crippen molar-refractivity contribution < 1.29 is 9.47 Å². The molecule has 0 bridgehead atoms. The standard InChI is InChI=1S/C15H20N4O2/c1-4-20-11-6-7-13(21-5-2)12(9-11)18-14-8-10(3)17-15(16)19-14/h6-9H,4-5H2,1-3H3,(H3,16,17,18,19). The van der Waals surface area contributed by atoms with Crippen molar-refractivity contribution >= 4 is 17.5 Å². The van der Waals surface area contributed by atoms with Crippen LogP contribution in [-0.2, 0) is 0 Å². The summed E-state index contributed by atoms with van der Waals surface area (Å²) in [5.41, 5.74) is 7.24. The summed E-state index contributed by atoms with van der Waals surface area (Å²) in [6.45, 7) is 6.93. The second-order valence-corrected chi connectivity index (χ2v) is 4.40. The van der Waals surface area contributed by atoms with Crippen LogP contribution in [0.2, 0.25) is 0 Å². The maximum absolute atomic E-state index is 5.67. The number of nitrogens with one attached hydrogen (secondary N) is 1. The summed E-state index contributed by atoms with van der Waals surface area (Å²) >= 11 is 0. The van der Waals surface area contributed by atoms with Crippen LogP contribution in [0.25, 0.3) is 0 Å². The van der Waals surface area contributed by atoms with Crippen molar-refractivity contribution in [1.29, 1.82) is 0 Å². The van der Waals surface area contributed by atoms with Crippen molar-refractivity contribution in [3.63, 3.8) is 0 Å². The van der Waals surface area contributed by atoms with Gasteiger partial charge >= 0.3 is 0 Å². The molecule has 0 spiro atoms. The van der Waals surface area contributed by atoms with Gasteiger partial charge in [-0.25, -0.2) is 4.98 Å². The van der Waals surface area contributed by atoms with E-state index in [1.807, 2.05) is 45.0 Å². The van der Waals surface area contributed by atoms with Gasteiger partial charge in [0.25, 0.3) is 0 Å². The molecule has 2 aromatic rings. The predicted octanol–water partition coefficient (Wildman–Crippen LogP) is 2.91. The third-order valence-electron chi connectivity index (χ3n) is 2.70. The molecular formula is C15H20N4O2. The molecule has 0 aliphatic heterocycles. The number of aryl methyl sites for hydroxylation is 1. The SMILES string of the molecule is CCOc1ccc(OCC)c(Nc2cc(C)nc(N)n2)c1. The summed E-state index contributed by atoms with van der Waals surface area (Å²) in [6, 6.07) is 7.44. The van der Waals surface area contributed by atoms with Gasteiger partial charge in [-0.05, 0) is 32.9 Å². The van der Waals surface area contributed by atoms with Gasteiger partial charge in [-0.15, -0.1) is 0 Å². The van der Waals surface area contributed by atoms with E-state index in [-0.39, 0.29) is 5.95 Å². The summed E-state index contributed by atoms with van der Waals surface area (Å²) in [5, 5.41) is 3.20. The summed E-state index contributed by atoms with van der Waals surface area (Å²) in [6.07, 6.45) is 0. The zero-order chi connectivity index (χ0) is 15.2. The molecule has 0 radical (unpaired) electrons. The highest BCUT2D eigenvalue weighted by atomic mass is 16.5. The number of hydrogen-bond donors (Lipinski definition) is 2. The number of ether oxygens (including phenoxy) is 2. The Bertz CT molecular complexity index is 596. The van der Waals surface area contributed by atoms with Crippen molar-refractivity contribution in [2.45, 2.75) is 20.8 Å². The van der Waals surface area contributed by atoms with Crippen LogP contribution in [-0.4, -0.2) is 23.2 Å². The van der Waals surface area contributed by atoms with Crippen LogP contribution in [0.15, 0.2) is 24.3 Å². The quantitative estimate of drug-likeness (QED) is 0.850. The minimum Gasteiger partial charge on any atom is -0.494 e. The molecule has 6 heteroatoms. The Morgan fingerprint density at radius 1 is 1.10 bits per heavy atom. The van der Waals surface area contributed by atoms with Gasteiger partial charge in [0.05, 0.1) is 18.9 Å². The van der Waals surface area contributed by atoms with Crippen LogP contribution >= 0.6 is 0 Å². The summed E-state index contributed by atoms with van der Waals surface area (Å²) < 4.78 is 11.1. The lowest BCUT2D eigenvalue weighted by Gasteiger charge is -2.14. The zero-order valence-corrected chi connectivity index (χ0v) is 12.5. The fraction of sp³-hybridized carbons (Fsp3) is 0.333. The number of benzene rings is 1. The van der Waals surface area contributed by atoms with Gasteiger partial charge in [-0.1, -0.05) is 0 Å². The Labute approximate surface area is 124 Å². The normalized spacial score (nSPS) is 10.2. The number of aromatic nitrogens is 2. The first-order valence-electron chi connectivity index (χ1n) is 6.90. The lowest BCUT2D eigenvalue weighted by Crippen LogP contribution is -2.03. The van der Waals surface area contributed by atoms with Gasteiger partial charge in [-0.3, -0.25) is 0 Å². The molecule has 0 aliphatic carbocycles. The first-order chi connectivity index (χ1) is 10.1. The molecule has 1 aromatic heterocycles. The average molecular weight is 288 g/mol. The zero-order valence-electron chi connectivity index (χ0n) is 12.5. The van der Waals surface area contributed by atoms with E-state index in [2.05, 4.69) is 15.3 Å². The summed E-state index contributed by atoms with van der Waals surface area (Å²) in [4.78, 5) is 8.22. The fourth-order valence-corrected chi connectivity index (χ4v) is 1.94. The Morgan fingerprint density at radius 2 is 1.86 bits per heavy atom. The van der Waals surface area contributed by atoms with E-state index in [0.717, 1.165) is 22.9 Å². The van der Waals surface area contributed by atoms with Crippen LogP contribution < -0.4 is 20.5 Å². The molecule has 2 rings (SSSR count). The predicted molar refractivity (Wildman–Crippen MR) is 83.2 cm³/mol. The molecule has 3 N–H and O–H groups in total. The topological polar surface area (TPSA) is 82.3 Å². The van der Waals surface area contributed by atoms with Crippen molar-refractivity contribution in [2.24, 2.45) is 0 Å². The second kappa shape index (κ2) is 6.78. The van der Waals surface area contributed by atoms with Crippen LogP contribution in [0.3, 0.4) is 0 Å². The Hall–Kier alpha value is -2.50.